The zero-order valence-electron chi connectivity index (χ0n) is 12.5. The minimum Gasteiger partial charge on any atom is -0.383 e. The summed E-state index contributed by atoms with van der Waals surface area (Å²) in [6.45, 7) is 7.46. The first kappa shape index (κ1) is 14.9. The van der Waals surface area contributed by atoms with Gasteiger partial charge in [0, 0.05) is 51.2 Å². The molecule has 1 saturated heterocycles. The summed E-state index contributed by atoms with van der Waals surface area (Å²) in [5, 5.41) is 0. The first-order valence-corrected chi connectivity index (χ1v) is 7.07. The standard InChI is InChI=1S/C15H23N3O2/c1-12-10-17(11-13(2)18(12)7-8-20-3)15(19)14-5-4-6-16-9-14/h4-6,9,12-13H,7-8,10-11H2,1-3H3. The number of nitrogens with zero attached hydrogens (tertiary/aromatic N) is 3. The number of hydrogen-bond acceptors (Lipinski definition) is 4. The minimum atomic E-state index is 0.0724. The van der Waals surface area contributed by atoms with Gasteiger partial charge in [0.2, 0.25) is 0 Å². The van der Waals surface area contributed by atoms with Crippen LogP contribution in [0.1, 0.15) is 24.2 Å². The number of rotatable bonds is 4. The Bertz CT molecular complexity index is 426. The number of carbonyl (C=O) groups is 1. The number of methoxy groups -OCH3 is 1. The van der Waals surface area contributed by atoms with Gasteiger partial charge < -0.3 is 9.64 Å². The molecule has 0 bridgehead atoms. The highest BCUT2D eigenvalue weighted by molar-refractivity contribution is 5.94. The Labute approximate surface area is 120 Å². The Morgan fingerprint density at radius 1 is 1.40 bits per heavy atom. The molecule has 0 N–H and O–H groups in total. The van der Waals surface area contributed by atoms with Gasteiger partial charge in [0.1, 0.15) is 0 Å². The van der Waals surface area contributed by atoms with Gasteiger partial charge in [0.05, 0.1) is 12.2 Å². The summed E-state index contributed by atoms with van der Waals surface area (Å²) in [6.07, 6.45) is 3.32. The summed E-state index contributed by atoms with van der Waals surface area (Å²) in [4.78, 5) is 20.8. The highest BCUT2D eigenvalue weighted by Crippen LogP contribution is 2.17. The van der Waals surface area contributed by atoms with E-state index in [1.54, 1.807) is 25.6 Å². The second-order valence-electron chi connectivity index (χ2n) is 5.38. The first-order chi connectivity index (χ1) is 9.63. The summed E-state index contributed by atoms with van der Waals surface area (Å²) in [7, 11) is 1.72. The van der Waals surface area contributed by atoms with Crippen molar-refractivity contribution in [1.29, 1.82) is 0 Å². The van der Waals surface area contributed by atoms with Crippen LogP contribution in [0.5, 0.6) is 0 Å². The van der Waals surface area contributed by atoms with Crippen LogP contribution >= 0.6 is 0 Å². The maximum atomic E-state index is 12.5. The van der Waals surface area contributed by atoms with Crippen molar-refractivity contribution in [2.24, 2.45) is 0 Å². The number of aromatic nitrogens is 1. The normalized spacial score (nSPS) is 23.9. The molecule has 1 aromatic rings. The van der Waals surface area contributed by atoms with E-state index in [0.29, 0.717) is 17.6 Å². The monoisotopic (exact) mass is 277 g/mol. The van der Waals surface area contributed by atoms with Crippen LogP contribution < -0.4 is 0 Å². The molecular weight excluding hydrogens is 254 g/mol. The van der Waals surface area contributed by atoms with E-state index in [9.17, 15) is 4.79 Å². The molecular formula is C15H23N3O2. The molecule has 0 aromatic carbocycles. The number of hydrogen-bond donors (Lipinski definition) is 0. The minimum absolute atomic E-state index is 0.0724. The predicted molar refractivity (Wildman–Crippen MR) is 77.6 cm³/mol. The van der Waals surface area contributed by atoms with Crippen molar-refractivity contribution < 1.29 is 9.53 Å². The van der Waals surface area contributed by atoms with Gasteiger partial charge in [-0.25, -0.2) is 0 Å². The highest BCUT2D eigenvalue weighted by Gasteiger charge is 2.31. The molecule has 5 nitrogen and oxygen atoms in total. The molecule has 1 amide bonds. The van der Waals surface area contributed by atoms with E-state index in [-0.39, 0.29) is 5.91 Å². The molecule has 1 fully saturated rings. The quantitative estimate of drug-likeness (QED) is 0.831. The SMILES string of the molecule is COCCN1C(C)CN(C(=O)c2cccnc2)CC1C. The maximum Gasteiger partial charge on any atom is 0.255 e. The highest BCUT2D eigenvalue weighted by atomic mass is 16.5. The summed E-state index contributed by atoms with van der Waals surface area (Å²) in [5.41, 5.74) is 0.664. The number of carbonyl (C=O) groups excluding carboxylic acids is 1. The van der Waals surface area contributed by atoms with Crippen molar-refractivity contribution in [1.82, 2.24) is 14.8 Å². The van der Waals surface area contributed by atoms with E-state index in [2.05, 4.69) is 23.7 Å². The third-order valence-electron chi connectivity index (χ3n) is 3.85. The Kier molecular flexibility index (Phi) is 5.09. The Morgan fingerprint density at radius 2 is 2.10 bits per heavy atom. The molecule has 1 aromatic heterocycles. The average Bonchev–Trinajstić information content (AvgIpc) is 2.46. The van der Waals surface area contributed by atoms with E-state index in [0.717, 1.165) is 26.2 Å². The van der Waals surface area contributed by atoms with Crippen LogP contribution in [0.2, 0.25) is 0 Å². The molecule has 0 saturated carbocycles. The Morgan fingerprint density at radius 3 is 2.65 bits per heavy atom. The van der Waals surface area contributed by atoms with Crippen molar-refractivity contribution in [3.8, 4) is 0 Å². The molecule has 0 radical (unpaired) electrons. The fourth-order valence-electron chi connectivity index (χ4n) is 2.83. The molecule has 0 spiro atoms. The molecule has 1 aliphatic rings. The molecule has 2 atom stereocenters. The van der Waals surface area contributed by atoms with Gasteiger partial charge in [-0.05, 0) is 26.0 Å². The average molecular weight is 277 g/mol. The Balaban J connectivity index is 2.01. The van der Waals surface area contributed by atoms with E-state index in [4.69, 9.17) is 4.74 Å². The summed E-state index contributed by atoms with van der Waals surface area (Å²) < 4.78 is 5.15. The van der Waals surface area contributed by atoms with Crippen LogP contribution in [-0.2, 0) is 4.74 Å². The predicted octanol–water partition coefficient (Wildman–Crippen LogP) is 1.26. The van der Waals surface area contributed by atoms with Crippen LogP contribution in [0.3, 0.4) is 0 Å². The number of piperazine rings is 1. The smallest absolute Gasteiger partial charge is 0.255 e. The number of amides is 1. The van der Waals surface area contributed by atoms with Crippen molar-refractivity contribution in [3.63, 3.8) is 0 Å². The van der Waals surface area contributed by atoms with Crippen LogP contribution in [0.15, 0.2) is 24.5 Å². The van der Waals surface area contributed by atoms with Crippen LogP contribution in [0.25, 0.3) is 0 Å². The van der Waals surface area contributed by atoms with E-state index < -0.39 is 0 Å². The topological polar surface area (TPSA) is 45.7 Å². The summed E-state index contributed by atoms with van der Waals surface area (Å²) in [6, 6.07) is 4.31. The van der Waals surface area contributed by atoms with E-state index >= 15 is 0 Å². The van der Waals surface area contributed by atoms with Gasteiger partial charge in [-0.1, -0.05) is 0 Å². The van der Waals surface area contributed by atoms with Crippen molar-refractivity contribution in [2.75, 3.05) is 33.4 Å². The third-order valence-corrected chi connectivity index (χ3v) is 3.85. The molecule has 2 unspecified atom stereocenters. The molecule has 0 aliphatic carbocycles. The molecule has 2 rings (SSSR count). The molecule has 5 heteroatoms. The van der Waals surface area contributed by atoms with E-state index in [1.165, 1.54) is 0 Å². The van der Waals surface area contributed by atoms with Crippen LogP contribution in [0.4, 0.5) is 0 Å². The second-order valence-corrected chi connectivity index (χ2v) is 5.38. The fraction of sp³-hybridized carbons (Fsp3) is 0.600. The third kappa shape index (κ3) is 3.35. The van der Waals surface area contributed by atoms with Gasteiger partial charge in [0.15, 0.2) is 0 Å². The fourth-order valence-corrected chi connectivity index (χ4v) is 2.83. The maximum absolute atomic E-state index is 12.5. The first-order valence-electron chi connectivity index (χ1n) is 7.07. The summed E-state index contributed by atoms with van der Waals surface area (Å²) in [5.74, 6) is 0.0724. The van der Waals surface area contributed by atoms with Crippen LogP contribution in [0, 0.1) is 0 Å². The van der Waals surface area contributed by atoms with Crippen molar-refractivity contribution in [2.45, 2.75) is 25.9 Å². The Hall–Kier alpha value is -1.46. The lowest BCUT2D eigenvalue weighted by molar-refractivity contribution is 0.0193. The van der Waals surface area contributed by atoms with Gasteiger partial charge in [-0.2, -0.15) is 0 Å². The van der Waals surface area contributed by atoms with Gasteiger partial charge in [-0.15, -0.1) is 0 Å². The molecule has 110 valence electrons. The molecule has 1 aliphatic heterocycles. The zero-order chi connectivity index (χ0) is 14.5. The van der Waals surface area contributed by atoms with Gasteiger partial charge >= 0.3 is 0 Å². The summed E-state index contributed by atoms with van der Waals surface area (Å²) >= 11 is 0. The largest absolute Gasteiger partial charge is 0.383 e. The number of pyridine rings is 1. The lowest BCUT2D eigenvalue weighted by Crippen LogP contribution is -2.58. The second kappa shape index (κ2) is 6.81. The van der Waals surface area contributed by atoms with Crippen LogP contribution in [-0.4, -0.2) is 66.1 Å². The number of ether oxygens (including phenoxy) is 1. The van der Waals surface area contributed by atoms with Gasteiger partial charge in [0.25, 0.3) is 5.91 Å². The zero-order valence-corrected chi connectivity index (χ0v) is 12.5. The van der Waals surface area contributed by atoms with Crippen molar-refractivity contribution >= 4 is 5.91 Å². The van der Waals surface area contributed by atoms with E-state index in [1.807, 2.05) is 11.0 Å². The van der Waals surface area contributed by atoms with Gasteiger partial charge in [-0.3, -0.25) is 14.7 Å². The molecule has 2 heterocycles. The van der Waals surface area contributed by atoms with Crippen molar-refractivity contribution in [3.05, 3.63) is 30.1 Å². The molecule has 20 heavy (non-hydrogen) atoms. The lowest BCUT2D eigenvalue weighted by atomic mass is 10.1. The lowest BCUT2D eigenvalue weighted by Gasteiger charge is -2.44.